The summed E-state index contributed by atoms with van der Waals surface area (Å²) in [5, 5.41) is 0. The summed E-state index contributed by atoms with van der Waals surface area (Å²) in [4.78, 5) is 28.6. The van der Waals surface area contributed by atoms with Gasteiger partial charge in [-0.3, -0.25) is 9.59 Å². The Labute approximate surface area is 166 Å². The van der Waals surface area contributed by atoms with Crippen LogP contribution in [0.3, 0.4) is 0 Å². The molecule has 1 aliphatic heterocycles. The SMILES string of the molecule is CC(=O)N1C[C@H](C(=O)N(C)Cc2ccccc2)C[C@H](c2ccc(F)c(C)c2)C1. The Morgan fingerprint density at radius 1 is 1.14 bits per heavy atom. The van der Waals surface area contributed by atoms with Crippen LogP contribution in [0.25, 0.3) is 0 Å². The zero-order chi connectivity index (χ0) is 20.3. The zero-order valence-corrected chi connectivity index (χ0v) is 16.7. The van der Waals surface area contributed by atoms with Crippen molar-refractivity contribution >= 4 is 11.8 Å². The summed E-state index contributed by atoms with van der Waals surface area (Å²) >= 11 is 0. The van der Waals surface area contributed by atoms with Crippen LogP contribution in [0, 0.1) is 18.7 Å². The molecule has 2 aromatic carbocycles. The van der Waals surface area contributed by atoms with Crippen LogP contribution in [0.5, 0.6) is 0 Å². The van der Waals surface area contributed by atoms with E-state index in [-0.39, 0.29) is 29.5 Å². The van der Waals surface area contributed by atoms with Crippen molar-refractivity contribution in [3.8, 4) is 0 Å². The quantitative estimate of drug-likeness (QED) is 0.808. The minimum atomic E-state index is -0.262. The molecule has 1 fully saturated rings. The first-order valence-corrected chi connectivity index (χ1v) is 9.65. The first-order chi connectivity index (χ1) is 13.3. The van der Waals surface area contributed by atoms with Gasteiger partial charge in [0, 0.05) is 39.5 Å². The second-order valence-electron chi connectivity index (χ2n) is 7.74. The summed E-state index contributed by atoms with van der Waals surface area (Å²) in [5.41, 5.74) is 2.64. The molecule has 0 aromatic heterocycles. The highest BCUT2D eigenvalue weighted by molar-refractivity contribution is 5.81. The van der Waals surface area contributed by atoms with E-state index in [1.807, 2.05) is 36.4 Å². The summed E-state index contributed by atoms with van der Waals surface area (Å²) in [6.07, 6.45) is 0.660. The molecular weight excluding hydrogens is 355 g/mol. The molecule has 2 aromatic rings. The number of amides is 2. The number of halogens is 1. The third-order valence-corrected chi connectivity index (χ3v) is 5.54. The van der Waals surface area contributed by atoms with Gasteiger partial charge in [0.15, 0.2) is 0 Å². The van der Waals surface area contributed by atoms with Gasteiger partial charge < -0.3 is 9.80 Å². The van der Waals surface area contributed by atoms with E-state index in [1.54, 1.807) is 29.8 Å². The predicted octanol–water partition coefficient (Wildman–Crippen LogP) is 3.74. The average molecular weight is 382 g/mol. The van der Waals surface area contributed by atoms with E-state index in [9.17, 15) is 14.0 Å². The maximum absolute atomic E-state index is 13.7. The Balaban J connectivity index is 1.78. The van der Waals surface area contributed by atoms with Crippen LogP contribution in [0.1, 0.15) is 36.0 Å². The first-order valence-electron chi connectivity index (χ1n) is 9.65. The molecule has 3 rings (SSSR count). The van der Waals surface area contributed by atoms with E-state index in [2.05, 4.69) is 0 Å². The number of benzene rings is 2. The Kier molecular flexibility index (Phi) is 6.12. The fourth-order valence-electron chi connectivity index (χ4n) is 3.95. The number of likely N-dealkylation sites (tertiary alicyclic amines) is 1. The number of aryl methyl sites for hydroxylation is 1. The van der Waals surface area contributed by atoms with Crippen LogP contribution >= 0.6 is 0 Å². The number of hydrogen-bond acceptors (Lipinski definition) is 2. The largest absolute Gasteiger partial charge is 0.342 e. The molecule has 0 unspecified atom stereocenters. The van der Waals surface area contributed by atoms with Crippen molar-refractivity contribution in [3.63, 3.8) is 0 Å². The van der Waals surface area contributed by atoms with Gasteiger partial charge in [-0.25, -0.2) is 4.39 Å². The van der Waals surface area contributed by atoms with Gasteiger partial charge in [-0.2, -0.15) is 0 Å². The van der Waals surface area contributed by atoms with Crippen molar-refractivity contribution in [2.45, 2.75) is 32.7 Å². The normalized spacial score (nSPS) is 19.4. The third-order valence-electron chi connectivity index (χ3n) is 5.54. The van der Waals surface area contributed by atoms with Gasteiger partial charge >= 0.3 is 0 Å². The Morgan fingerprint density at radius 3 is 2.50 bits per heavy atom. The molecule has 2 amide bonds. The van der Waals surface area contributed by atoms with Crippen molar-refractivity contribution in [1.29, 1.82) is 0 Å². The van der Waals surface area contributed by atoms with Crippen LogP contribution < -0.4 is 0 Å². The Bertz CT molecular complexity index is 853. The fraction of sp³-hybridized carbons (Fsp3) is 0.391. The van der Waals surface area contributed by atoms with Crippen LogP contribution in [0.15, 0.2) is 48.5 Å². The lowest BCUT2D eigenvalue weighted by molar-refractivity contribution is -0.140. The van der Waals surface area contributed by atoms with Crippen LogP contribution in [0.4, 0.5) is 4.39 Å². The fourth-order valence-corrected chi connectivity index (χ4v) is 3.95. The van der Waals surface area contributed by atoms with Crippen molar-refractivity contribution in [3.05, 3.63) is 71.0 Å². The molecule has 0 aliphatic carbocycles. The second kappa shape index (κ2) is 8.55. The van der Waals surface area contributed by atoms with E-state index in [0.717, 1.165) is 11.1 Å². The summed E-state index contributed by atoms with van der Waals surface area (Å²) in [5.74, 6) is -0.471. The maximum Gasteiger partial charge on any atom is 0.227 e. The minimum Gasteiger partial charge on any atom is -0.342 e. The molecule has 148 valence electrons. The highest BCUT2D eigenvalue weighted by Crippen LogP contribution is 2.32. The molecule has 5 heteroatoms. The minimum absolute atomic E-state index is 0.0241. The molecule has 1 heterocycles. The predicted molar refractivity (Wildman–Crippen MR) is 107 cm³/mol. The van der Waals surface area contributed by atoms with E-state index < -0.39 is 0 Å². The molecule has 28 heavy (non-hydrogen) atoms. The monoisotopic (exact) mass is 382 g/mol. The molecule has 0 spiro atoms. The summed E-state index contributed by atoms with van der Waals surface area (Å²) in [7, 11) is 1.80. The lowest BCUT2D eigenvalue weighted by Gasteiger charge is -2.38. The van der Waals surface area contributed by atoms with Gasteiger partial charge in [0.2, 0.25) is 11.8 Å². The highest BCUT2D eigenvalue weighted by Gasteiger charge is 2.35. The number of carbonyl (C=O) groups is 2. The number of nitrogens with zero attached hydrogens (tertiary/aromatic N) is 2. The van der Waals surface area contributed by atoms with E-state index in [0.29, 0.717) is 31.6 Å². The summed E-state index contributed by atoms with van der Waals surface area (Å²) in [6, 6.07) is 14.9. The van der Waals surface area contributed by atoms with Crippen molar-refractivity contribution in [2.24, 2.45) is 5.92 Å². The van der Waals surface area contributed by atoms with Crippen LogP contribution in [0.2, 0.25) is 0 Å². The van der Waals surface area contributed by atoms with Gasteiger partial charge in [0.05, 0.1) is 5.92 Å². The molecule has 0 bridgehead atoms. The van der Waals surface area contributed by atoms with E-state index >= 15 is 0 Å². The molecule has 4 nitrogen and oxygen atoms in total. The molecule has 1 saturated heterocycles. The van der Waals surface area contributed by atoms with Gasteiger partial charge in [-0.15, -0.1) is 0 Å². The van der Waals surface area contributed by atoms with Crippen LogP contribution in [-0.4, -0.2) is 41.8 Å². The number of piperidine rings is 1. The summed E-state index contributed by atoms with van der Waals surface area (Å²) in [6.45, 7) is 4.81. The third kappa shape index (κ3) is 4.58. The summed E-state index contributed by atoms with van der Waals surface area (Å²) < 4.78 is 13.7. The molecule has 0 N–H and O–H groups in total. The molecular formula is C23H27FN2O2. The Morgan fingerprint density at radius 2 is 1.86 bits per heavy atom. The lowest BCUT2D eigenvalue weighted by Crippen LogP contribution is -2.47. The standard InChI is InChI=1S/C23H27FN2O2/c1-16-11-19(9-10-22(16)24)20-12-21(15-26(14-20)17(2)27)23(28)25(3)13-18-7-5-4-6-8-18/h4-11,20-21H,12-15H2,1-3H3/t20-,21+/m0/s1. The van der Waals surface area contributed by atoms with Gasteiger partial charge in [-0.05, 0) is 36.1 Å². The lowest BCUT2D eigenvalue weighted by atomic mass is 9.83. The van der Waals surface area contributed by atoms with E-state index in [1.165, 1.54) is 13.0 Å². The molecule has 0 radical (unpaired) electrons. The second-order valence-corrected chi connectivity index (χ2v) is 7.74. The highest BCUT2D eigenvalue weighted by atomic mass is 19.1. The van der Waals surface area contributed by atoms with Gasteiger partial charge in [-0.1, -0.05) is 42.5 Å². The topological polar surface area (TPSA) is 40.6 Å². The van der Waals surface area contributed by atoms with Gasteiger partial charge in [0.25, 0.3) is 0 Å². The average Bonchev–Trinajstić information content (AvgIpc) is 2.69. The number of carbonyl (C=O) groups excluding carboxylic acids is 2. The van der Waals surface area contributed by atoms with Crippen LogP contribution in [-0.2, 0) is 16.1 Å². The van der Waals surface area contributed by atoms with Crippen molar-refractivity contribution < 1.29 is 14.0 Å². The maximum atomic E-state index is 13.7. The number of rotatable bonds is 4. The molecule has 1 aliphatic rings. The number of hydrogen-bond donors (Lipinski definition) is 0. The van der Waals surface area contributed by atoms with Gasteiger partial charge in [0.1, 0.15) is 5.82 Å². The smallest absolute Gasteiger partial charge is 0.227 e. The molecule has 0 saturated carbocycles. The Hall–Kier alpha value is -2.69. The van der Waals surface area contributed by atoms with Crippen molar-refractivity contribution in [1.82, 2.24) is 9.80 Å². The first kappa shape index (κ1) is 20.1. The zero-order valence-electron chi connectivity index (χ0n) is 16.7. The van der Waals surface area contributed by atoms with E-state index in [4.69, 9.17) is 0 Å². The molecule has 2 atom stereocenters. The van der Waals surface area contributed by atoms with Crippen molar-refractivity contribution in [2.75, 3.05) is 20.1 Å².